The standard InChI is InChI=1S/C15H24N2O3S2/c1-2-22(20)14-6-4-3-5-12(14)17-15(19)16-9-13(18)11-7-8-21-10-11/h7-8,10,12-14,18H,2-6,9H2,1H3,(H2,16,17,19). The van der Waals surface area contributed by atoms with Gasteiger partial charge in [-0.3, -0.25) is 4.21 Å². The molecule has 0 bridgehead atoms. The van der Waals surface area contributed by atoms with Gasteiger partial charge < -0.3 is 15.7 Å². The number of hydrogen-bond donors (Lipinski definition) is 3. The molecule has 1 aromatic rings. The SMILES string of the molecule is CCS(=O)C1CCCCC1NC(=O)NCC(O)c1ccsc1. The molecule has 22 heavy (non-hydrogen) atoms. The van der Waals surface area contributed by atoms with Crippen LogP contribution in [0, 0.1) is 0 Å². The first-order chi connectivity index (χ1) is 10.6. The van der Waals surface area contributed by atoms with E-state index in [1.807, 2.05) is 23.8 Å². The van der Waals surface area contributed by atoms with Crippen molar-refractivity contribution in [3.05, 3.63) is 22.4 Å². The van der Waals surface area contributed by atoms with Gasteiger partial charge in [-0.2, -0.15) is 11.3 Å². The van der Waals surface area contributed by atoms with Crippen molar-refractivity contribution in [2.45, 2.75) is 50.0 Å². The highest BCUT2D eigenvalue weighted by Crippen LogP contribution is 2.23. The van der Waals surface area contributed by atoms with Gasteiger partial charge in [0.2, 0.25) is 0 Å². The zero-order valence-electron chi connectivity index (χ0n) is 12.8. The maximum absolute atomic E-state index is 12.1. The van der Waals surface area contributed by atoms with Crippen LogP contribution in [0.2, 0.25) is 0 Å². The fourth-order valence-electron chi connectivity index (χ4n) is 2.78. The summed E-state index contributed by atoms with van der Waals surface area (Å²) in [5.74, 6) is 0.626. The van der Waals surface area contributed by atoms with Gasteiger partial charge in [-0.05, 0) is 35.2 Å². The summed E-state index contributed by atoms with van der Waals surface area (Å²) in [4.78, 5) is 12.0. The summed E-state index contributed by atoms with van der Waals surface area (Å²) in [6, 6.07) is 1.52. The van der Waals surface area contributed by atoms with Crippen molar-refractivity contribution >= 4 is 28.2 Å². The summed E-state index contributed by atoms with van der Waals surface area (Å²) in [7, 11) is -0.887. The summed E-state index contributed by atoms with van der Waals surface area (Å²) in [6.07, 6.45) is 3.22. The highest BCUT2D eigenvalue weighted by atomic mass is 32.2. The number of hydrogen-bond acceptors (Lipinski definition) is 4. The van der Waals surface area contributed by atoms with E-state index in [1.54, 1.807) is 0 Å². The van der Waals surface area contributed by atoms with Crippen molar-refractivity contribution in [1.82, 2.24) is 10.6 Å². The third-order valence-corrected chi connectivity index (χ3v) is 6.54. The molecule has 1 heterocycles. The molecule has 0 spiro atoms. The lowest BCUT2D eigenvalue weighted by atomic mass is 9.95. The van der Waals surface area contributed by atoms with Gasteiger partial charge in [0.25, 0.3) is 0 Å². The number of rotatable bonds is 6. The zero-order chi connectivity index (χ0) is 15.9. The number of carbonyl (C=O) groups is 1. The third kappa shape index (κ3) is 4.79. The molecule has 1 fully saturated rings. The molecule has 1 aliphatic rings. The van der Waals surface area contributed by atoms with Crippen molar-refractivity contribution in [3.63, 3.8) is 0 Å². The molecule has 2 rings (SSSR count). The largest absolute Gasteiger partial charge is 0.387 e. The Balaban J connectivity index is 1.81. The van der Waals surface area contributed by atoms with Crippen molar-refractivity contribution in [3.8, 4) is 0 Å². The van der Waals surface area contributed by atoms with E-state index in [1.165, 1.54) is 11.3 Å². The second-order valence-electron chi connectivity index (χ2n) is 5.53. The smallest absolute Gasteiger partial charge is 0.315 e. The van der Waals surface area contributed by atoms with Crippen LogP contribution in [0.1, 0.15) is 44.3 Å². The number of aliphatic hydroxyl groups is 1. The van der Waals surface area contributed by atoms with Crippen LogP contribution in [-0.4, -0.2) is 38.9 Å². The molecule has 2 amide bonds. The molecule has 1 saturated carbocycles. The summed E-state index contributed by atoms with van der Waals surface area (Å²) >= 11 is 1.51. The Morgan fingerprint density at radius 3 is 2.95 bits per heavy atom. The molecule has 0 aliphatic heterocycles. The molecule has 4 atom stereocenters. The number of carbonyl (C=O) groups excluding carboxylic acids is 1. The third-order valence-electron chi connectivity index (χ3n) is 4.03. The van der Waals surface area contributed by atoms with Crippen LogP contribution in [0.15, 0.2) is 16.8 Å². The summed E-state index contributed by atoms with van der Waals surface area (Å²) in [5, 5.41) is 19.4. The lowest BCUT2D eigenvalue weighted by Gasteiger charge is -2.31. The van der Waals surface area contributed by atoms with Crippen LogP contribution in [0.3, 0.4) is 0 Å². The first-order valence-electron chi connectivity index (χ1n) is 7.73. The van der Waals surface area contributed by atoms with E-state index in [4.69, 9.17) is 0 Å². The van der Waals surface area contributed by atoms with E-state index in [0.717, 1.165) is 31.2 Å². The van der Waals surface area contributed by atoms with Crippen LogP contribution in [0.5, 0.6) is 0 Å². The summed E-state index contributed by atoms with van der Waals surface area (Å²) < 4.78 is 12.1. The number of urea groups is 1. The van der Waals surface area contributed by atoms with Gasteiger partial charge >= 0.3 is 6.03 Å². The zero-order valence-corrected chi connectivity index (χ0v) is 14.4. The second kappa shape index (κ2) is 8.64. The number of thiophene rings is 1. The van der Waals surface area contributed by atoms with E-state index in [2.05, 4.69) is 10.6 Å². The Bertz CT molecular complexity index is 493. The number of aliphatic hydroxyl groups excluding tert-OH is 1. The van der Waals surface area contributed by atoms with Crippen molar-refractivity contribution in [1.29, 1.82) is 0 Å². The molecule has 0 aromatic carbocycles. The van der Waals surface area contributed by atoms with Gasteiger partial charge in [-0.15, -0.1) is 0 Å². The first kappa shape index (κ1) is 17.4. The molecule has 0 saturated heterocycles. The van der Waals surface area contributed by atoms with E-state index in [-0.39, 0.29) is 23.9 Å². The predicted molar refractivity (Wildman–Crippen MR) is 90.5 cm³/mol. The molecule has 0 radical (unpaired) electrons. The Hall–Kier alpha value is -0.920. The first-order valence-corrected chi connectivity index (χ1v) is 10.1. The van der Waals surface area contributed by atoms with Gasteiger partial charge in [-0.1, -0.05) is 19.8 Å². The molecule has 4 unspecified atom stereocenters. The average molecular weight is 345 g/mol. The van der Waals surface area contributed by atoms with E-state index in [9.17, 15) is 14.1 Å². The van der Waals surface area contributed by atoms with Crippen molar-refractivity contribution < 1.29 is 14.1 Å². The topological polar surface area (TPSA) is 78.4 Å². The van der Waals surface area contributed by atoms with Gasteiger partial charge in [-0.25, -0.2) is 4.79 Å². The Kier molecular flexibility index (Phi) is 6.85. The van der Waals surface area contributed by atoms with E-state index < -0.39 is 16.9 Å². The van der Waals surface area contributed by atoms with Gasteiger partial charge in [0, 0.05) is 29.1 Å². The molecule has 7 heteroatoms. The monoisotopic (exact) mass is 344 g/mol. The fraction of sp³-hybridized carbons (Fsp3) is 0.667. The lowest BCUT2D eigenvalue weighted by Crippen LogP contribution is -2.51. The Morgan fingerprint density at radius 1 is 1.50 bits per heavy atom. The highest BCUT2D eigenvalue weighted by molar-refractivity contribution is 7.85. The number of nitrogens with one attached hydrogen (secondary N) is 2. The highest BCUT2D eigenvalue weighted by Gasteiger charge is 2.30. The maximum Gasteiger partial charge on any atom is 0.315 e. The quantitative estimate of drug-likeness (QED) is 0.740. The fourth-order valence-corrected chi connectivity index (χ4v) is 4.92. The molecular formula is C15H24N2O3S2. The summed E-state index contributed by atoms with van der Waals surface area (Å²) in [6.45, 7) is 2.09. The Labute approximate surface area is 138 Å². The minimum atomic E-state index is -0.887. The minimum absolute atomic E-state index is 0.0344. The van der Waals surface area contributed by atoms with Crippen LogP contribution in [0.4, 0.5) is 4.79 Å². The molecular weight excluding hydrogens is 320 g/mol. The van der Waals surface area contributed by atoms with Crippen molar-refractivity contribution in [2.75, 3.05) is 12.3 Å². The van der Waals surface area contributed by atoms with E-state index in [0.29, 0.717) is 5.75 Å². The second-order valence-corrected chi connectivity index (χ2v) is 8.25. The van der Waals surface area contributed by atoms with Crippen LogP contribution < -0.4 is 10.6 Å². The summed E-state index contributed by atoms with van der Waals surface area (Å²) in [5.41, 5.74) is 0.813. The van der Waals surface area contributed by atoms with Gasteiger partial charge in [0.15, 0.2) is 0 Å². The molecule has 1 aliphatic carbocycles. The van der Waals surface area contributed by atoms with Crippen LogP contribution >= 0.6 is 11.3 Å². The van der Waals surface area contributed by atoms with Gasteiger partial charge in [0.1, 0.15) is 0 Å². The van der Waals surface area contributed by atoms with Crippen molar-refractivity contribution in [2.24, 2.45) is 0 Å². The predicted octanol–water partition coefficient (Wildman–Crippen LogP) is 2.16. The maximum atomic E-state index is 12.1. The molecule has 1 aromatic heterocycles. The minimum Gasteiger partial charge on any atom is -0.387 e. The normalized spacial score (nSPS) is 24.5. The van der Waals surface area contributed by atoms with Crippen LogP contribution in [0.25, 0.3) is 0 Å². The van der Waals surface area contributed by atoms with Crippen LogP contribution in [-0.2, 0) is 10.8 Å². The molecule has 124 valence electrons. The Morgan fingerprint density at radius 2 is 2.27 bits per heavy atom. The molecule has 3 N–H and O–H groups in total. The molecule has 5 nitrogen and oxygen atoms in total. The van der Waals surface area contributed by atoms with E-state index >= 15 is 0 Å². The van der Waals surface area contributed by atoms with Gasteiger partial charge in [0.05, 0.1) is 11.4 Å². The average Bonchev–Trinajstić information content (AvgIpc) is 3.07. The number of amides is 2. The lowest BCUT2D eigenvalue weighted by molar-refractivity contribution is 0.172.